The van der Waals surface area contributed by atoms with Crippen LogP contribution in [0.4, 0.5) is 14.5 Å². The minimum absolute atomic E-state index is 0.0748. The number of ether oxygens (including phenoxy) is 3. The summed E-state index contributed by atoms with van der Waals surface area (Å²) in [6.45, 7) is 6.43. The van der Waals surface area contributed by atoms with Gasteiger partial charge < -0.3 is 19.1 Å². The Hall–Kier alpha value is -4.38. The number of fused-ring (bicyclic) bond motifs is 1. The zero-order valence-electron chi connectivity index (χ0n) is 28.3. The highest BCUT2D eigenvalue weighted by molar-refractivity contribution is 7.93. The predicted molar refractivity (Wildman–Crippen MR) is 179 cm³/mol. The third kappa shape index (κ3) is 6.03. The number of piperazine rings is 1. The van der Waals surface area contributed by atoms with Crippen LogP contribution in [0.15, 0.2) is 53.6 Å². The second kappa shape index (κ2) is 14.1. The molecule has 2 fully saturated rings. The molecular formula is C34H40F2N6O7S. The Morgan fingerprint density at radius 2 is 1.68 bits per heavy atom. The number of rotatable bonds is 10. The van der Waals surface area contributed by atoms with Crippen LogP contribution in [0.5, 0.6) is 17.4 Å². The molecule has 1 N–H and O–H groups in total. The quantitative estimate of drug-likeness (QED) is 0.311. The van der Waals surface area contributed by atoms with Crippen molar-refractivity contribution in [3.05, 3.63) is 71.4 Å². The lowest BCUT2D eigenvalue weighted by Gasteiger charge is -2.42. The third-order valence-corrected chi connectivity index (χ3v) is 11.4. The van der Waals surface area contributed by atoms with E-state index >= 15 is 13.6 Å². The minimum Gasteiger partial charge on any atom is -0.497 e. The second-order valence-electron chi connectivity index (χ2n) is 12.4. The molecule has 268 valence electrons. The van der Waals surface area contributed by atoms with Crippen molar-refractivity contribution in [3.63, 3.8) is 0 Å². The molecule has 1 unspecified atom stereocenters. The molecule has 1 aromatic heterocycles. The summed E-state index contributed by atoms with van der Waals surface area (Å²) in [4.78, 5) is 38.4. The third-order valence-electron chi connectivity index (χ3n) is 9.63. The molecule has 0 bridgehead atoms. The molecule has 13 nitrogen and oxygen atoms in total. The smallest absolute Gasteiger partial charge is 0.274 e. The molecule has 3 aliphatic heterocycles. The van der Waals surface area contributed by atoms with Crippen molar-refractivity contribution in [2.75, 3.05) is 71.4 Å². The van der Waals surface area contributed by atoms with Crippen molar-refractivity contribution in [3.8, 4) is 17.4 Å². The largest absolute Gasteiger partial charge is 0.497 e. The van der Waals surface area contributed by atoms with E-state index in [1.54, 1.807) is 11.9 Å². The lowest BCUT2D eigenvalue weighted by atomic mass is 9.74. The van der Waals surface area contributed by atoms with Gasteiger partial charge in [-0.05, 0) is 51.1 Å². The van der Waals surface area contributed by atoms with Gasteiger partial charge >= 0.3 is 0 Å². The summed E-state index contributed by atoms with van der Waals surface area (Å²) in [6.07, 6.45) is 2.85. The van der Waals surface area contributed by atoms with E-state index in [1.807, 2.05) is 0 Å². The molecule has 2 amide bonds. The van der Waals surface area contributed by atoms with Gasteiger partial charge in [-0.15, -0.1) is 0 Å². The summed E-state index contributed by atoms with van der Waals surface area (Å²) in [5, 5.41) is 1.67. The standard InChI is InChI=1S/C34H40F2N6O7S/c1-5-49-31-24(7-6-12-37-31)34(32(43)38-41-13-10-22(11-14-41)40-17-15-39(2)16-18-40)25-20-26(35)27(36)21-28(25)42(33(34)44)50(45,46)30-9-8-23(47-3)19-29(30)48-4/h6-9,12,19-22H,5,10-11,13-18H2,1-4H3,(H,38,43). The number of nitrogens with zero attached hydrogens (tertiary/aromatic N) is 5. The molecule has 2 saturated heterocycles. The van der Waals surface area contributed by atoms with E-state index in [1.165, 1.54) is 50.7 Å². The number of hydrogen-bond donors (Lipinski definition) is 1. The lowest BCUT2D eigenvalue weighted by Crippen LogP contribution is -2.59. The van der Waals surface area contributed by atoms with Crippen molar-refractivity contribution >= 4 is 27.5 Å². The van der Waals surface area contributed by atoms with E-state index < -0.39 is 55.0 Å². The fourth-order valence-electron chi connectivity index (χ4n) is 6.99. The number of hydrogen-bond acceptors (Lipinski definition) is 11. The summed E-state index contributed by atoms with van der Waals surface area (Å²) >= 11 is 0. The Labute approximate surface area is 289 Å². The number of anilines is 1. The Kier molecular flexibility index (Phi) is 9.99. The van der Waals surface area contributed by atoms with Gasteiger partial charge in [0.1, 0.15) is 16.4 Å². The second-order valence-corrected chi connectivity index (χ2v) is 14.2. The van der Waals surface area contributed by atoms with Crippen molar-refractivity contribution in [2.45, 2.75) is 36.1 Å². The van der Waals surface area contributed by atoms with Gasteiger partial charge in [0.2, 0.25) is 5.88 Å². The predicted octanol–water partition coefficient (Wildman–Crippen LogP) is 2.54. The van der Waals surface area contributed by atoms with E-state index in [9.17, 15) is 13.2 Å². The van der Waals surface area contributed by atoms with Crippen LogP contribution in [0.1, 0.15) is 30.9 Å². The van der Waals surface area contributed by atoms with Crippen LogP contribution in [-0.2, 0) is 25.0 Å². The topological polar surface area (TPSA) is 134 Å². The highest BCUT2D eigenvalue weighted by atomic mass is 32.2. The summed E-state index contributed by atoms with van der Waals surface area (Å²) in [5.41, 5.74) is -0.794. The zero-order valence-corrected chi connectivity index (χ0v) is 29.1. The molecule has 2 aromatic carbocycles. The summed E-state index contributed by atoms with van der Waals surface area (Å²) in [6, 6.07) is 8.26. The normalized spacial score (nSPS) is 20.8. The van der Waals surface area contributed by atoms with Gasteiger partial charge in [-0.1, -0.05) is 6.07 Å². The van der Waals surface area contributed by atoms with Crippen LogP contribution in [0.3, 0.4) is 0 Å². The first-order valence-corrected chi connectivity index (χ1v) is 17.8. The number of methoxy groups -OCH3 is 2. The van der Waals surface area contributed by atoms with Gasteiger partial charge in [-0.2, -0.15) is 0 Å². The Bertz CT molecular complexity index is 1880. The summed E-state index contributed by atoms with van der Waals surface area (Å²) < 4.78 is 75.9. The summed E-state index contributed by atoms with van der Waals surface area (Å²) in [5.74, 6) is -5.13. The molecule has 6 rings (SSSR count). The van der Waals surface area contributed by atoms with Crippen LogP contribution >= 0.6 is 0 Å². The van der Waals surface area contributed by atoms with Gasteiger partial charge in [0.25, 0.3) is 21.8 Å². The van der Waals surface area contributed by atoms with E-state index in [-0.39, 0.29) is 29.5 Å². The average Bonchev–Trinajstić information content (AvgIpc) is 3.37. The molecule has 3 aromatic rings. The van der Waals surface area contributed by atoms with Gasteiger partial charge in [0.15, 0.2) is 17.0 Å². The Morgan fingerprint density at radius 1 is 0.980 bits per heavy atom. The van der Waals surface area contributed by atoms with Gasteiger partial charge in [0, 0.05) is 74.8 Å². The number of halogens is 2. The minimum atomic E-state index is -4.94. The van der Waals surface area contributed by atoms with Gasteiger partial charge in [0.05, 0.1) is 26.5 Å². The molecule has 1 atom stereocenters. The maximum absolute atomic E-state index is 15.2. The fraction of sp³-hybridized carbons (Fsp3) is 0.441. The lowest BCUT2D eigenvalue weighted by molar-refractivity contribution is -0.137. The number of sulfonamides is 1. The molecule has 50 heavy (non-hydrogen) atoms. The monoisotopic (exact) mass is 714 g/mol. The van der Waals surface area contributed by atoms with E-state index in [0.717, 1.165) is 39.0 Å². The Morgan fingerprint density at radius 3 is 2.34 bits per heavy atom. The summed E-state index contributed by atoms with van der Waals surface area (Å²) in [7, 11) is -0.238. The Balaban J connectivity index is 1.46. The van der Waals surface area contributed by atoms with Crippen LogP contribution in [0, 0.1) is 11.6 Å². The number of hydrazine groups is 1. The zero-order chi connectivity index (χ0) is 35.8. The number of piperidine rings is 1. The number of aromatic nitrogens is 1. The van der Waals surface area contributed by atoms with Crippen molar-refractivity contribution in [1.29, 1.82) is 0 Å². The molecule has 0 spiro atoms. The van der Waals surface area contributed by atoms with Crippen LogP contribution in [0.25, 0.3) is 0 Å². The van der Waals surface area contributed by atoms with E-state index in [4.69, 9.17) is 14.2 Å². The first-order valence-electron chi connectivity index (χ1n) is 16.4. The average molecular weight is 715 g/mol. The molecule has 16 heteroatoms. The van der Waals surface area contributed by atoms with Crippen LogP contribution in [-0.4, -0.2) is 113 Å². The van der Waals surface area contributed by atoms with E-state index in [2.05, 4.69) is 27.3 Å². The van der Waals surface area contributed by atoms with Crippen LogP contribution < -0.4 is 23.9 Å². The fourth-order valence-corrected chi connectivity index (χ4v) is 8.59. The first-order chi connectivity index (χ1) is 24.0. The molecular weight excluding hydrogens is 674 g/mol. The number of likely N-dealkylation sites (N-methyl/N-ethyl adjacent to an activating group) is 1. The highest BCUT2D eigenvalue weighted by Crippen LogP contribution is 2.51. The first kappa shape index (κ1) is 35.4. The maximum Gasteiger partial charge on any atom is 0.274 e. The van der Waals surface area contributed by atoms with Crippen molar-refractivity contribution in [2.24, 2.45) is 0 Å². The molecule has 0 radical (unpaired) electrons. The number of amides is 2. The highest BCUT2D eigenvalue weighted by Gasteiger charge is 2.63. The van der Waals surface area contributed by atoms with E-state index in [0.29, 0.717) is 35.6 Å². The molecule has 0 aliphatic carbocycles. The maximum atomic E-state index is 15.2. The number of benzene rings is 2. The van der Waals surface area contributed by atoms with Gasteiger partial charge in [-0.3, -0.25) is 19.9 Å². The molecule has 3 aliphatic rings. The van der Waals surface area contributed by atoms with Crippen molar-refractivity contribution in [1.82, 2.24) is 25.2 Å². The molecule has 4 heterocycles. The number of carbonyl (C=O) groups is 2. The van der Waals surface area contributed by atoms with Crippen molar-refractivity contribution < 1.29 is 41.0 Å². The number of carbonyl (C=O) groups excluding carboxylic acids is 2. The number of pyridine rings is 1. The SMILES string of the molecule is CCOc1ncccc1C1(C(=O)NN2CCC(N3CCN(C)CC3)CC2)C(=O)N(S(=O)(=O)c2ccc(OC)cc2OC)c2cc(F)c(F)cc21. The molecule has 0 saturated carbocycles. The number of nitrogens with one attached hydrogen (secondary N) is 1. The van der Waals surface area contributed by atoms with Crippen LogP contribution in [0.2, 0.25) is 0 Å². The van der Waals surface area contributed by atoms with Gasteiger partial charge in [-0.25, -0.2) is 31.5 Å².